The van der Waals surface area contributed by atoms with Gasteiger partial charge in [-0.2, -0.15) is 0 Å². The highest BCUT2D eigenvalue weighted by molar-refractivity contribution is 7.15. The predicted molar refractivity (Wildman–Crippen MR) is 77.5 cm³/mol. The number of amides is 1. The molecule has 2 N–H and O–H groups in total. The second kappa shape index (κ2) is 5.13. The van der Waals surface area contributed by atoms with E-state index in [1.54, 1.807) is 4.90 Å². The lowest BCUT2D eigenvalue weighted by molar-refractivity contribution is -0.134. The Morgan fingerprint density at radius 2 is 2.35 bits per heavy atom. The largest absolute Gasteiger partial charge is 0.484 e. The van der Waals surface area contributed by atoms with Gasteiger partial charge >= 0.3 is 0 Å². The van der Waals surface area contributed by atoms with E-state index < -0.39 is 0 Å². The molecular formula is C14H15N3O2S. The normalized spacial score (nSPS) is 13.3. The van der Waals surface area contributed by atoms with Crippen molar-refractivity contribution in [2.75, 3.05) is 12.3 Å². The number of hydrogen-bond donors (Lipinski definition) is 1. The van der Waals surface area contributed by atoms with Gasteiger partial charge in [-0.1, -0.05) is 12.1 Å². The molecule has 5 nitrogen and oxygen atoms in total. The summed E-state index contributed by atoms with van der Waals surface area (Å²) >= 11 is 1.45. The maximum absolute atomic E-state index is 12.1. The molecule has 0 radical (unpaired) electrons. The summed E-state index contributed by atoms with van der Waals surface area (Å²) in [4.78, 5) is 19.1. The molecular weight excluding hydrogens is 274 g/mol. The summed E-state index contributed by atoms with van der Waals surface area (Å²) in [6, 6.07) is 7.66. The summed E-state index contributed by atoms with van der Waals surface area (Å²) in [7, 11) is 0. The summed E-state index contributed by atoms with van der Waals surface area (Å²) in [5.74, 6) is 0.685. The maximum Gasteiger partial charge on any atom is 0.261 e. The summed E-state index contributed by atoms with van der Waals surface area (Å²) in [5, 5.41) is 0.568. The van der Waals surface area contributed by atoms with Gasteiger partial charge in [0.05, 0.1) is 23.7 Å². The lowest BCUT2D eigenvalue weighted by Gasteiger charge is -2.15. The van der Waals surface area contributed by atoms with E-state index in [2.05, 4.69) is 4.98 Å². The fourth-order valence-corrected chi connectivity index (χ4v) is 3.03. The van der Waals surface area contributed by atoms with Crippen LogP contribution in [0, 0.1) is 6.92 Å². The van der Waals surface area contributed by atoms with Crippen molar-refractivity contribution in [1.82, 2.24) is 9.88 Å². The Balaban J connectivity index is 1.57. The van der Waals surface area contributed by atoms with Crippen LogP contribution in [0.15, 0.2) is 24.3 Å². The number of nitrogens with two attached hydrogens (primary N) is 1. The fraction of sp³-hybridized carbons (Fsp3) is 0.286. The van der Waals surface area contributed by atoms with Crippen molar-refractivity contribution in [1.29, 1.82) is 0 Å². The Labute approximate surface area is 121 Å². The van der Waals surface area contributed by atoms with Crippen LogP contribution in [0.25, 0.3) is 0 Å². The van der Waals surface area contributed by atoms with E-state index in [0.29, 0.717) is 18.2 Å². The number of aromatic nitrogens is 1. The summed E-state index contributed by atoms with van der Waals surface area (Å²) < 4.78 is 5.53. The van der Waals surface area contributed by atoms with Gasteiger partial charge in [-0.25, -0.2) is 4.98 Å². The number of benzene rings is 1. The van der Waals surface area contributed by atoms with Crippen molar-refractivity contribution in [2.24, 2.45) is 0 Å². The van der Waals surface area contributed by atoms with Crippen LogP contribution in [0.2, 0.25) is 0 Å². The Morgan fingerprint density at radius 1 is 1.50 bits per heavy atom. The van der Waals surface area contributed by atoms with Crippen LogP contribution in [0.4, 0.5) is 5.13 Å². The number of nitrogen functional groups attached to an aromatic ring is 1. The molecule has 1 aromatic carbocycles. The number of carbonyl (C=O) groups is 1. The molecule has 3 rings (SSSR count). The van der Waals surface area contributed by atoms with Crippen molar-refractivity contribution >= 4 is 22.4 Å². The fourth-order valence-electron chi connectivity index (χ4n) is 2.18. The Bertz CT molecular complexity index is 630. The Kier molecular flexibility index (Phi) is 3.31. The van der Waals surface area contributed by atoms with Crippen LogP contribution in [0.1, 0.15) is 16.1 Å². The molecule has 2 aromatic rings. The minimum absolute atomic E-state index is 0.0322. The number of rotatable bonds is 3. The molecule has 104 valence electrons. The van der Waals surface area contributed by atoms with E-state index >= 15 is 0 Å². The van der Waals surface area contributed by atoms with Gasteiger partial charge in [0.1, 0.15) is 5.75 Å². The average molecular weight is 289 g/mol. The molecule has 0 spiro atoms. The van der Waals surface area contributed by atoms with Crippen LogP contribution in [0.3, 0.4) is 0 Å². The number of fused-ring (bicyclic) bond motifs is 1. The monoisotopic (exact) mass is 289 g/mol. The van der Waals surface area contributed by atoms with Gasteiger partial charge in [-0.05, 0) is 24.6 Å². The second-order valence-electron chi connectivity index (χ2n) is 4.78. The number of thiazole rings is 1. The first-order valence-electron chi connectivity index (χ1n) is 6.33. The second-order valence-corrected chi connectivity index (χ2v) is 5.89. The van der Waals surface area contributed by atoms with Crippen molar-refractivity contribution in [3.05, 3.63) is 40.4 Å². The van der Waals surface area contributed by atoms with Gasteiger partial charge in [-0.15, -0.1) is 11.3 Å². The molecule has 2 heterocycles. The Hall–Kier alpha value is -2.08. The summed E-state index contributed by atoms with van der Waals surface area (Å²) in [6.45, 7) is 3.15. The van der Waals surface area contributed by atoms with Crippen LogP contribution in [-0.2, 0) is 17.9 Å². The SMILES string of the molecule is Cc1cccc(OCC(=O)N2Cc3nc(N)sc3C2)c1. The van der Waals surface area contributed by atoms with Gasteiger partial charge < -0.3 is 15.4 Å². The molecule has 0 atom stereocenters. The quantitative estimate of drug-likeness (QED) is 0.937. The predicted octanol–water partition coefficient (Wildman–Crippen LogP) is 1.95. The van der Waals surface area contributed by atoms with E-state index in [4.69, 9.17) is 10.5 Å². The standard InChI is InChI=1S/C14H15N3O2S/c1-9-3-2-4-10(5-9)19-8-13(18)17-6-11-12(7-17)20-14(15)16-11/h2-5H,6-8H2,1H3,(H2,15,16). The number of aryl methyl sites for hydroxylation is 1. The van der Waals surface area contributed by atoms with Gasteiger partial charge in [0.2, 0.25) is 0 Å². The molecule has 0 unspecified atom stereocenters. The number of anilines is 1. The third-order valence-electron chi connectivity index (χ3n) is 3.17. The first-order valence-corrected chi connectivity index (χ1v) is 7.15. The number of ether oxygens (including phenoxy) is 1. The highest BCUT2D eigenvalue weighted by Gasteiger charge is 2.26. The van der Waals surface area contributed by atoms with E-state index in [9.17, 15) is 4.79 Å². The molecule has 20 heavy (non-hydrogen) atoms. The number of hydrogen-bond acceptors (Lipinski definition) is 5. The molecule has 0 aliphatic carbocycles. The van der Waals surface area contributed by atoms with E-state index in [0.717, 1.165) is 21.9 Å². The van der Waals surface area contributed by atoms with Crippen molar-refractivity contribution < 1.29 is 9.53 Å². The zero-order valence-electron chi connectivity index (χ0n) is 11.1. The van der Waals surface area contributed by atoms with Gasteiger partial charge in [0, 0.05) is 0 Å². The van der Waals surface area contributed by atoms with Crippen molar-refractivity contribution in [2.45, 2.75) is 20.0 Å². The van der Waals surface area contributed by atoms with Gasteiger partial charge in [0.15, 0.2) is 11.7 Å². The molecule has 0 fully saturated rings. The van der Waals surface area contributed by atoms with Gasteiger partial charge in [0.25, 0.3) is 5.91 Å². The average Bonchev–Trinajstić information content (AvgIpc) is 2.93. The summed E-state index contributed by atoms with van der Waals surface area (Å²) in [5.41, 5.74) is 7.66. The zero-order valence-corrected chi connectivity index (χ0v) is 11.9. The van der Waals surface area contributed by atoms with Crippen LogP contribution in [-0.4, -0.2) is 22.4 Å². The minimum Gasteiger partial charge on any atom is -0.484 e. The molecule has 0 bridgehead atoms. The first-order chi connectivity index (χ1) is 9.61. The molecule has 1 amide bonds. The highest BCUT2D eigenvalue weighted by Crippen LogP contribution is 2.29. The Morgan fingerprint density at radius 3 is 3.10 bits per heavy atom. The molecule has 6 heteroatoms. The lowest BCUT2D eigenvalue weighted by Crippen LogP contribution is -2.30. The van der Waals surface area contributed by atoms with Crippen LogP contribution >= 0.6 is 11.3 Å². The smallest absolute Gasteiger partial charge is 0.261 e. The van der Waals surface area contributed by atoms with Crippen LogP contribution in [0.5, 0.6) is 5.75 Å². The van der Waals surface area contributed by atoms with Gasteiger partial charge in [-0.3, -0.25) is 4.79 Å². The number of nitrogens with zero attached hydrogens (tertiary/aromatic N) is 2. The first kappa shape index (κ1) is 12.9. The third kappa shape index (κ3) is 2.60. The van der Waals surface area contributed by atoms with Crippen molar-refractivity contribution in [3.8, 4) is 5.75 Å². The van der Waals surface area contributed by atoms with Crippen molar-refractivity contribution in [3.63, 3.8) is 0 Å². The summed E-state index contributed by atoms with van der Waals surface area (Å²) in [6.07, 6.45) is 0. The topological polar surface area (TPSA) is 68.5 Å². The molecule has 0 saturated carbocycles. The maximum atomic E-state index is 12.1. The lowest BCUT2D eigenvalue weighted by atomic mass is 10.2. The van der Waals surface area contributed by atoms with E-state index in [1.165, 1.54) is 11.3 Å². The zero-order chi connectivity index (χ0) is 14.1. The molecule has 1 aromatic heterocycles. The number of carbonyl (C=O) groups excluding carboxylic acids is 1. The van der Waals surface area contributed by atoms with E-state index in [1.807, 2.05) is 31.2 Å². The minimum atomic E-state index is -0.0322. The molecule has 1 aliphatic heterocycles. The van der Waals surface area contributed by atoms with Crippen LogP contribution < -0.4 is 10.5 Å². The van der Waals surface area contributed by atoms with E-state index in [-0.39, 0.29) is 12.5 Å². The highest BCUT2D eigenvalue weighted by atomic mass is 32.1. The molecule has 0 saturated heterocycles. The molecule has 1 aliphatic rings. The third-order valence-corrected chi connectivity index (χ3v) is 4.09.